The third-order valence-electron chi connectivity index (χ3n) is 6.91. The maximum absolute atomic E-state index is 12.6. The second kappa shape index (κ2) is 25.5. The number of nitrogens with one attached hydrogen (secondary N) is 1. The SMILES string of the molecule is CCC/C=C/CC/C=C/C(O)C(COP(=O)(O)OCC[N+](C)(C)C)NC(=O)CCCCCCCCCCCCCC. The summed E-state index contributed by atoms with van der Waals surface area (Å²) in [6.45, 7) is 4.64. The van der Waals surface area contributed by atoms with Gasteiger partial charge in [-0.05, 0) is 25.7 Å². The summed E-state index contributed by atoms with van der Waals surface area (Å²) in [7, 11) is 1.55. The normalized spacial score (nSPS) is 15.4. The van der Waals surface area contributed by atoms with Crippen LogP contribution in [0, 0.1) is 0 Å². The second-order valence-corrected chi connectivity index (χ2v) is 13.6. The number of hydrogen-bond acceptors (Lipinski definition) is 5. The Morgan fingerprint density at radius 3 is 1.90 bits per heavy atom. The van der Waals surface area contributed by atoms with E-state index in [0.29, 0.717) is 17.4 Å². The Balaban J connectivity index is 4.58. The Morgan fingerprint density at radius 2 is 1.34 bits per heavy atom. The largest absolute Gasteiger partial charge is 0.472 e. The number of nitrogens with zero attached hydrogens (tertiary/aromatic N) is 1. The van der Waals surface area contributed by atoms with Crippen molar-refractivity contribution in [1.82, 2.24) is 5.32 Å². The summed E-state index contributed by atoms with van der Waals surface area (Å²) in [6.07, 6.45) is 25.5. The van der Waals surface area contributed by atoms with Crippen LogP contribution in [0.2, 0.25) is 0 Å². The first-order chi connectivity index (χ1) is 19.5. The summed E-state index contributed by atoms with van der Waals surface area (Å²) in [4.78, 5) is 22.8. The van der Waals surface area contributed by atoms with E-state index in [9.17, 15) is 19.4 Å². The van der Waals surface area contributed by atoms with Gasteiger partial charge in [-0.3, -0.25) is 13.8 Å². The molecule has 0 aromatic carbocycles. The first-order valence-electron chi connectivity index (χ1n) is 16.2. The highest BCUT2D eigenvalue weighted by Gasteiger charge is 2.27. The molecule has 0 spiro atoms. The first-order valence-corrected chi connectivity index (χ1v) is 17.7. The van der Waals surface area contributed by atoms with Gasteiger partial charge in [0.1, 0.15) is 13.2 Å². The minimum Gasteiger partial charge on any atom is -0.387 e. The summed E-state index contributed by atoms with van der Waals surface area (Å²) in [5.74, 6) is -0.195. The molecule has 0 fully saturated rings. The topological polar surface area (TPSA) is 105 Å². The van der Waals surface area contributed by atoms with E-state index in [2.05, 4.69) is 31.3 Å². The van der Waals surface area contributed by atoms with Crippen molar-refractivity contribution in [2.45, 2.75) is 135 Å². The van der Waals surface area contributed by atoms with Crippen molar-refractivity contribution in [3.05, 3.63) is 24.3 Å². The number of unbranched alkanes of at least 4 members (excludes halogenated alkanes) is 13. The third kappa shape index (κ3) is 27.6. The quantitative estimate of drug-likeness (QED) is 0.0371. The van der Waals surface area contributed by atoms with Gasteiger partial charge in [-0.25, -0.2) is 4.57 Å². The number of quaternary nitrogens is 1. The average molecular weight is 604 g/mol. The van der Waals surface area contributed by atoms with E-state index in [0.717, 1.165) is 44.9 Å². The smallest absolute Gasteiger partial charge is 0.387 e. The van der Waals surface area contributed by atoms with Crippen molar-refractivity contribution in [2.75, 3.05) is 40.9 Å². The fourth-order valence-corrected chi connectivity index (χ4v) is 4.97. The number of phosphoric acid groups is 1. The molecule has 0 rings (SSSR count). The fourth-order valence-electron chi connectivity index (χ4n) is 4.24. The van der Waals surface area contributed by atoms with Gasteiger partial charge < -0.3 is 19.8 Å². The molecule has 9 heteroatoms. The van der Waals surface area contributed by atoms with E-state index >= 15 is 0 Å². The van der Waals surface area contributed by atoms with Crippen LogP contribution in [0.4, 0.5) is 0 Å². The molecule has 0 aromatic heterocycles. The zero-order valence-electron chi connectivity index (χ0n) is 27.0. The number of rotatable bonds is 28. The predicted molar refractivity (Wildman–Crippen MR) is 171 cm³/mol. The number of carbonyl (C=O) groups excluding carboxylic acids is 1. The molecule has 3 atom stereocenters. The van der Waals surface area contributed by atoms with E-state index in [-0.39, 0.29) is 19.1 Å². The van der Waals surface area contributed by atoms with Crippen LogP contribution in [0.3, 0.4) is 0 Å². The van der Waals surface area contributed by atoms with Crippen LogP contribution in [0.25, 0.3) is 0 Å². The molecule has 0 aromatic rings. The number of aliphatic hydroxyl groups excluding tert-OH is 1. The van der Waals surface area contributed by atoms with Crippen molar-refractivity contribution in [1.29, 1.82) is 0 Å². The molecule has 41 heavy (non-hydrogen) atoms. The van der Waals surface area contributed by atoms with E-state index < -0.39 is 20.0 Å². The lowest BCUT2D eigenvalue weighted by molar-refractivity contribution is -0.870. The number of carbonyl (C=O) groups is 1. The molecule has 0 aliphatic rings. The predicted octanol–water partition coefficient (Wildman–Crippen LogP) is 7.46. The Labute approximate surface area is 252 Å². The van der Waals surface area contributed by atoms with Crippen molar-refractivity contribution in [2.24, 2.45) is 0 Å². The monoisotopic (exact) mass is 603 g/mol. The first kappa shape index (κ1) is 40.0. The van der Waals surface area contributed by atoms with Gasteiger partial charge in [0, 0.05) is 6.42 Å². The number of amides is 1. The molecular weight excluding hydrogens is 539 g/mol. The van der Waals surface area contributed by atoms with Crippen molar-refractivity contribution < 1.29 is 32.9 Å². The molecule has 0 aliphatic heterocycles. The highest BCUT2D eigenvalue weighted by atomic mass is 31.2. The van der Waals surface area contributed by atoms with Crippen LogP contribution >= 0.6 is 7.82 Å². The van der Waals surface area contributed by atoms with Gasteiger partial charge in [-0.1, -0.05) is 115 Å². The lowest BCUT2D eigenvalue weighted by atomic mass is 10.0. The molecule has 0 radical (unpaired) electrons. The van der Waals surface area contributed by atoms with Gasteiger partial charge in [-0.2, -0.15) is 0 Å². The van der Waals surface area contributed by atoms with E-state index in [1.54, 1.807) is 6.08 Å². The van der Waals surface area contributed by atoms with Gasteiger partial charge in [0.05, 0.1) is 39.9 Å². The second-order valence-electron chi connectivity index (χ2n) is 12.2. The Morgan fingerprint density at radius 1 is 0.805 bits per heavy atom. The highest BCUT2D eigenvalue weighted by molar-refractivity contribution is 7.47. The number of phosphoric ester groups is 1. The zero-order chi connectivity index (χ0) is 30.8. The summed E-state index contributed by atoms with van der Waals surface area (Å²) < 4.78 is 23.2. The number of allylic oxidation sites excluding steroid dienone is 3. The average Bonchev–Trinajstić information content (AvgIpc) is 2.90. The van der Waals surface area contributed by atoms with Gasteiger partial charge >= 0.3 is 7.82 Å². The molecule has 0 heterocycles. The summed E-state index contributed by atoms with van der Waals surface area (Å²) in [5.41, 5.74) is 0. The maximum Gasteiger partial charge on any atom is 0.472 e. The summed E-state index contributed by atoms with van der Waals surface area (Å²) in [5, 5.41) is 13.5. The van der Waals surface area contributed by atoms with E-state index in [1.165, 1.54) is 57.8 Å². The van der Waals surface area contributed by atoms with Crippen LogP contribution in [-0.4, -0.2) is 73.4 Å². The molecule has 1 amide bonds. The van der Waals surface area contributed by atoms with Crippen LogP contribution in [0.15, 0.2) is 24.3 Å². The number of likely N-dealkylation sites (N-methyl/N-ethyl adjacent to an activating group) is 1. The molecule has 3 unspecified atom stereocenters. The van der Waals surface area contributed by atoms with Crippen molar-refractivity contribution in [3.63, 3.8) is 0 Å². The minimum absolute atomic E-state index is 0.0568. The van der Waals surface area contributed by atoms with Crippen LogP contribution < -0.4 is 5.32 Å². The van der Waals surface area contributed by atoms with Crippen LogP contribution in [-0.2, 0) is 18.4 Å². The zero-order valence-corrected chi connectivity index (χ0v) is 27.9. The van der Waals surface area contributed by atoms with Gasteiger partial charge in [-0.15, -0.1) is 0 Å². The fraction of sp³-hybridized carbons (Fsp3) is 0.844. The van der Waals surface area contributed by atoms with Gasteiger partial charge in [0.15, 0.2) is 0 Å². The Kier molecular flexibility index (Phi) is 24.8. The molecule has 0 bridgehead atoms. The molecule has 8 nitrogen and oxygen atoms in total. The summed E-state index contributed by atoms with van der Waals surface area (Å²) >= 11 is 0. The van der Waals surface area contributed by atoms with Gasteiger partial charge in [0.25, 0.3) is 0 Å². The standard InChI is InChI=1S/C32H63N2O6P/c1-6-8-10-12-14-15-16-17-18-20-22-24-26-32(36)33-30(31(35)25-23-21-19-13-11-9-7-2)29-40-41(37,38)39-28-27-34(3,4)5/h11,13,23,25,30-31,35H,6-10,12,14-22,24,26-29H2,1-5H3,(H-,33,36,37,38)/p+1/b13-11+,25-23+. The molecule has 0 saturated heterocycles. The molecule has 242 valence electrons. The molecule has 3 N–H and O–H groups in total. The third-order valence-corrected chi connectivity index (χ3v) is 7.89. The Hall–Kier alpha value is -1.02. The van der Waals surface area contributed by atoms with Crippen molar-refractivity contribution >= 4 is 13.7 Å². The number of aliphatic hydroxyl groups is 1. The van der Waals surface area contributed by atoms with E-state index in [4.69, 9.17) is 9.05 Å². The maximum atomic E-state index is 12.6. The molecule has 0 saturated carbocycles. The summed E-state index contributed by atoms with van der Waals surface area (Å²) in [6, 6.07) is -0.853. The number of hydrogen-bond donors (Lipinski definition) is 3. The van der Waals surface area contributed by atoms with E-state index in [1.807, 2.05) is 27.2 Å². The Bertz CT molecular complexity index is 738. The lowest BCUT2D eigenvalue weighted by Gasteiger charge is -2.25. The molecular formula is C32H64N2O6P+. The van der Waals surface area contributed by atoms with Crippen molar-refractivity contribution in [3.8, 4) is 0 Å². The van der Waals surface area contributed by atoms with Gasteiger partial charge in [0.2, 0.25) is 5.91 Å². The van der Waals surface area contributed by atoms with Crippen LogP contribution in [0.5, 0.6) is 0 Å². The van der Waals surface area contributed by atoms with Crippen LogP contribution in [0.1, 0.15) is 123 Å². The lowest BCUT2D eigenvalue weighted by Crippen LogP contribution is -2.45. The highest BCUT2D eigenvalue weighted by Crippen LogP contribution is 2.43. The molecule has 0 aliphatic carbocycles. The minimum atomic E-state index is -4.32.